The predicted molar refractivity (Wildman–Crippen MR) is 55.2 cm³/mol. The first kappa shape index (κ1) is 9.71. The summed E-state index contributed by atoms with van der Waals surface area (Å²) < 4.78 is 2.08. The molecule has 0 spiro atoms. The second-order valence-corrected chi connectivity index (χ2v) is 4.34. The average molecular weight is 194 g/mol. The van der Waals surface area contributed by atoms with Crippen molar-refractivity contribution in [3.05, 3.63) is 17.5 Å². The summed E-state index contributed by atoms with van der Waals surface area (Å²) in [5.41, 5.74) is 2.38. The molecule has 1 fully saturated rings. The number of nitrogens with zero attached hydrogens (tertiary/aromatic N) is 2. The summed E-state index contributed by atoms with van der Waals surface area (Å²) in [4.78, 5) is 0. The second-order valence-electron chi connectivity index (χ2n) is 4.34. The van der Waals surface area contributed by atoms with Crippen LogP contribution < -0.4 is 0 Å². The van der Waals surface area contributed by atoms with E-state index in [9.17, 15) is 5.11 Å². The number of rotatable bonds is 1. The van der Waals surface area contributed by atoms with Crippen molar-refractivity contribution in [2.24, 2.45) is 0 Å². The van der Waals surface area contributed by atoms with Gasteiger partial charge in [0.05, 0.1) is 17.8 Å². The van der Waals surface area contributed by atoms with Crippen molar-refractivity contribution in [1.29, 1.82) is 0 Å². The van der Waals surface area contributed by atoms with E-state index in [0.717, 1.165) is 31.4 Å². The number of aliphatic hydroxyl groups is 1. The van der Waals surface area contributed by atoms with Gasteiger partial charge in [0.2, 0.25) is 0 Å². The van der Waals surface area contributed by atoms with Crippen molar-refractivity contribution in [2.45, 2.75) is 51.7 Å². The first-order valence-corrected chi connectivity index (χ1v) is 5.37. The lowest BCUT2D eigenvalue weighted by molar-refractivity contribution is 0.108. The molecule has 14 heavy (non-hydrogen) atoms. The molecule has 1 aromatic rings. The Morgan fingerprint density at radius 1 is 1.29 bits per heavy atom. The molecule has 1 aromatic heterocycles. The van der Waals surface area contributed by atoms with Gasteiger partial charge in [0.25, 0.3) is 0 Å². The molecule has 0 atom stereocenters. The second kappa shape index (κ2) is 3.73. The highest BCUT2D eigenvalue weighted by Gasteiger charge is 2.21. The largest absolute Gasteiger partial charge is 0.393 e. The first-order valence-electron chi connectivity index (χ1n) is 5.37. The van der Waals surface area contributed by atoms with Crippen LogP contribution in [0.1, 0.15) is 43.0 Å². The maximum absolute atomic E-state index is 9.40. The lowest BCUT2D eigenvalue weighted by Crippen LogP contribution is -2.21. The minimum absolute atomic E-state index is 0.0796. The zero-order chi connectivity index (χ0) is 10.1. The van der Waals surface area contributed by atoms with E-state index < -0.39 is 0 Å². The van der Waals surface area contributed by atoms with Gasteiger partial charge in [-0.15, -0.1) is 0 Å². The summed E-state index contributed by atoms with van der Waals surface area (Å²) in [5, 5.41) is 13.9. The number of aryl methyl sites for hydroxylation is 2. The summed E-state index contributed by atoms with van der Waals surface area (Å²) in [6, 6.07) is 0.505. The third-order valence-electron chi connectivity index (χ3n) is 3.20. The predicted octanol–water partition coefficient (Wildman–Crippen LogP) is 1.98. The van der Waals surface area contributed by atoms with Crippen LogP contribution in [-0.2, 0) is 0 Å². The van der Waals surface area contributed by atoms with Crippen LogP contribution in [0, 0.1) is 13.8 Å². The van der Waals surface area contributed by atoms with Crippen LogP contribution in [-0.4, -0.2) is 21.0 Å². The Hall–Kier alpha value is -0.830. The molecule has 78 valence electrons. The zero-order valence-electron chi connectivity index (χ0n) is 8.90. The van der Waals surface area contributed by atoms with E-state index in [-0.39, 0.29) is 6.10 Å². The third-order valence-corrected chi connectivity index (χ3v) is 3.20. The van der Waals surface area contributed by atoms with E-state index >= 15 is 0 Å². The maximum Gasteiger partial charge on any atom is 0.0622 e. The van der Waals surface area contributed by atoms with E-state index in [0.29, 0.717) is 6.04 Å². The van der Waals surface area contributed by atoms with Crippen molar-refractivity contribution in [3.63, 3.8) is 0 Å². The molecule has 1 N–H and O–H groups in total. The molecule has 0 unspecified atom stereocenters. The topological polar surface area (TPSA) is 38.0 Å². The van der Waals surface area contributed by atoms with Crippen LogP contribution >= 0.6 is 0 Å². The fraction of sp³-hybridized carbons (Fsp3) is 0.727. The zero-order valence-corrected chi connectivity index (χ0v) is 8.90. The minimum Gasteiger partial charge on any atom is -0.393 e. The van der Waals surface area contributed by atoms with Crippen LogP contribution in [0.15, 0.2) is 6.20 Å². The Morgan fingerprint density at radius 3 is 2.43 bits per heavy atom. The van der Waals surface area contributed by atoms with Gasteiger partial charge in [-0.1, -0.05) is 0 Å². The molecule has 0 amide bonds. The van der Waals surface area contributed by atoms with Crippen molar-refractivity contribution in [1.82, 2.24) is 9.78 Å². The molecule has 0 aromatic carbocycles. The van der Waals surface area contributed by atoms with Gasteiger partial charge in [0.15, 0.2) is 0 Å². The smallest absolute Gasteiger partial charge is 0.0622 e. The molecule has 2 rings (SSSR count). The van der Waals surface area contributed by atoms with Crippen molar-refractivity contribution in [3.8, 4) is 0 Å². The molecule has 3 nitrogen and oxygen atoms in total. The SMILES string of the molecule is Cc1cn([C@H]2CC[C@H](O)CC2)nc1C. The molecule has 0 aliphatic heterocycles. The molecular weight excluding hydrogens is 176 g/mol. The lowest BCUT2D eigenvalue weighted by atomic mass is 9.93. The fourth-order valence-electron chi connectivity index (χ4n) is 2.08. The Labute approximate surface area is 84.7 Å². The van der Waals surface area contributed by atoms with Crippen LogP contribution in [0.5, 0.6) is 0 Å². The van der Waals surface area contributed by atoms with Crippen molar-refractivity contribution >= 4 is 0 Å². The molecule has 1 aliphatic carbocycles. The normalized spacial score (nSPS) is 27.9. The Balaban J connectivity index is 2.08. The molecule has 1 heterocycles. The Kier molecular flexibility index (Phi) is 2.59. The van der Waals surface area contributed by atoms with Crippen LogP contribution in [0.2, 0.25) is 0 Å². The van der Waals surface area contributed by atoms with E-state index in [1.807, 2.05) is 6.92 Å². The number of hydrogen-bond donors (Lipinski definition) is 1. The summed E-state index contributed by atoms with van der Waals surface area (Å²) in [5.74, 6) is 0. The van der Waals surface area contributed by atoms with Gasteiger partial charge in [0.1, 0.15) is 0 Å². The van der Waals surface area contributed by atoms with Crippen LogP contribution in [0.25, 0.3) is 0 Å². The molecular formula is C11H18N2O. The van der Waals surface area contributed by atoms with Gasteiger partial charge in [-0.05, 0) is 45.1 Å². The Morgan fingerprint density at radius 2 is 1.93 bits per heavy atom. The molecule has 1 saturated carbocycles. The van der Waals surface area contributed by atoms with Gasteiger partial charge < -0.3 is 5.11 Å². The van der Waals surface area contributed by atoms with E-state index in [2.05, 4.69) is 22.9 Å². The highest BCUT2D eigenvalue weighted by molar-refractivity contribution is 5.12. The highest BCUT2D eigenvalue weighted by atomic mass is 16.3. The van der Waals surface area contributed by atoms with Crippen LogP contribution in [0.4, 0.5) is 0 Å². The maximum atomic E-state index is 9.40. The van der Waals surface area contributed by atoms with E-state index in [4.69, 9.17) is 0 Å². The third kappa shape index (κ3) is 1.82. The first-order chi connectivity index (χ1) is 6.66. The number of aromatic nitrogens is 2. The summed E-state index contributed by atoms with van der Waals surface area (Å²) in [7, 11) is 0. The van der Waals surface area contributed by atoms with Gasteiger partial charge in [-0.3, -0.25) is 4.68 Å². The van der Waals surface area contributed by atoms with E-state index in [1.54, 1.807) is 0 Å². The van der Waals surface area contributed by atoms with Gasteiger partial charge >= 0.3 is 0 Å². The fourth-order valence-corrected chi connectivity index (χ4v) is 2.08. The lowest BCUT2D eigenvalue weighted by Gasteiger charge is -2.25. The van der Waals surface area contributed by atoms with Crippen molar-refractivity contribution in [2.75, 3.05) is 0 Å². The van der Waals surface area contributed by atoms with E-state index in [1.165, 1.54) is 5.56 Å². The minimum atomic E-state index is -0.0796. The van der Waals surface area contributed by atoms with Gasteiger partial charge in [-0.2, -0.15) is 5.10 Å². The van der Waals surface area contributed by atoms with Gasteiger partial charge in [-0.25, -0.2) is 0 Å². The monoisotopic (exact) mass is 194 g/mol. The molecule has 3 heteroatoms. The standard InChI is InChI=1S/C11H18N2O/c1-8-7-13(12-9(8)2)10-3-5-11(14)6-4-10/h7,10-11,14H,3-6H2,1-2H3/t10-,11-. The highest BCUT2D eigenvalue weighted by Crippen LogP contribution is 2.28. The van der Waals surface area contributed by atoms with Crippen LogP contribution in [0.3, 0.4) is 0 Å². The number of aliphatic hydroxyl groups excluding tert-OH is 1. The Bertz CT molecular complexity index is 292. The summed E-state index contributed by atoms with van der Waals surface area (Å²) in [6.07, 6.45) is 6.00. The molecule has 0 saturated heterocycles. The number of hydrogen-bond acceptors (Lipinski definition) is 2. The van der Waals surface area contributed by atoms with Crippen molar-refractivity contribution < 1.29 is 5.11 Å². The van der Waals surface area contributed by atoms with Gasteiger partial charge in [0, 0.05) is 6.20 Å². The summed E-state index contributed by atoms with van der Waals surface area (Å²) >= 11 is 0. The quantitative estimate of drug-likeness (QED) is 0.742. The molecule has 0 radical (unpaired) electrons. The summed E-state index contributed by atoms with van der Waals surface area (Å²) in [6.45, 7) is 4.14. The molecule has 0 bridgehead atoms. The average Bonchev–Trinajstić information content (AvgIpc) is 2.48. The molecule has 1 aliphatic rings.